The van der Waals surface area contributed by atoms with Crippen LogP contribution in [0.4, 0.5) is 8.78 Å². The molecule has 0 atom stereocenters. The first kappa shape index (κ1) is 18.7. The van der Waals surface area contributed by atoms with Crippen molar-refractivity contribution in [1.82, 2.24) is 10.3 Å². The number of fused-ring (bicyclic) bond motifs is 2. The Morgan fingerprint density at radius 2 is 1.87 bits per heavy atom. The molecule has 3 aromatic rings. The van der Waals surface area contributed by atoms with E-state index in [1.54, 1.807) is 6.07 Å². The number of pyridine rings is 1. The Balaban J connectivity index is 1.60. The molecule has 3 heterocycles. The molecule has 0 saturated heterocycles. The van der Waals surface area contributed by atoms with Crippen molar-refractivity contribution in [3.05, 3.63) is 82.0 Å². The molecular formula is C24H20F2N2O2. The van der Waals surface area contributed by atoms with Crippen molar-refractivity contribution < 1.29 is 18.3 Å². The number of hydrogen-bond donors (Lipinski definition) is 1. The Labute approximate surface area is 172 Å². The number of nitrogens with one attached hydrogen (secondary N) is 1. The van der Waals surface area contributed by atoms with E-state index in [9.17, 15) is 13.6 Å². The van der Waals surface area contributed by atoms with Crippen molar-refractivity contribution in [3.63, 3.8) is 0 Å². The average molecular weight is 406 g/mol. The van der Waals surface area contributed by atoms with Crippen LogP contribution in [0.3, 0.4) is 0 Å². The maximum absolute atomic E-state index is 14.4. The van der Waals surface area contributed by atoms with E-state index in [4.69, 9.17) is 4.74 Å². The van der Waals surface area contributed by atoms with E-state index in [-0.39, 0.29) is 29.1 Å². The third-order valence-electron chi connectivity index (χ3n) is 5.80. The quantitative estimate of drug-likeness (QED) is 0.695. The number of carbonyl (C=O) groups is 1. The van der Waals surface area contributed by atoms with Gasteiger partial charge >= 0.3 is 0 Å². The molecule has 2 aliphatic heterocycles. The highest BCUT2D eigenvalue weighted by Gasteiger charge is 2.32. The molecule has 0 spiro atoms. The Hall–Kier alpha value is -3.28. The minimum atomic E-state index is -0.682. The van der Waals surface area contributed by atoms with Crippen LogP contribution in [0.5, 0.6) is 5.75 Å². The number of amides is 1. The minimum Gasteiger partial charge on any atom is -0.492 e. The summed E-state index contributed by atoms with van der Waals surface area (Å²) in [5.74, 6) is -0.739. The smallest absolute Gasteiger partial charge is 0.253 e. The van der Waals surface area contributed by atoms with Gasteiger partial charge in [0.2, 0.25) is 0 Å². The lowest BCUT2D eigenvalue weighted by Crippen LogP contribution is -2.18. The van der Waals surface area contributed by atoms with Crippen LogP contribution in [0.2, 0.25) is 0 Å². The zero-order chi connectivity index (χ0) is 21.0. The Morgan fingerprint density at radius 1 is 1.10 bits per heavy atom. The number of hydrogen-bond acceptors (Lipinski definition) is 3. The third-order valence-corrected chi connectivity index (χ3v) is 5.80. The standard InChI is InChI=1S/C24H20F2N2O2/c1-24(2)12-30-20-9-13(6-7-15(20)24)8-14-10-18(22-16(25)4-3-5-17(22)26)28-19-11-27-23(29)21(14)19/h3-7,9-10H,8,11-12H2,1-2H3,(H,27,29). The molecular weight excluding hydrogens is 386 g/mol. The van der Waals surface area contributed by atoms with Gasteiger partial charge in [-0.3, -0.25) is 4.79 Å². The van der Waals surface area contributed by atoms with Gasteiger partial charge in [-0.05, 0) is 41.8 Å². The van der Waals surface area contributed by atoms with E-state index in [0.29, 0.717) is 29.8 Å². The van der Waals surface area contributed by atoms with E-state index in [1.807, 2.05) is 12.1 Å². The van der Waals surface area contributed by atoms with Gasteiger partial charge in [0.25, 0.3) is 5.91 Å². The topological polar surface area (TPSA) is 51.2 Å². The molecule has 2 aromatic carbocycles. The largest absolute Gasteiger partial charge is 0.492 e. The minimum absolute atomic E-state index is 0.0405. The van der Waals surface area contributed by atoms with E-state index in [2.05, 4.69) is 30.2 Å². The summed E-state index contributed by atoms with van der Waals surface area (Å²) in [7, 11) is 0. The second-order valence-corrected chi connectivity index (χ2v) is 8.45. The van der Waals surface area contributed by atoms with Crippen molar-refractivity contribution in [2.24, 2.45) is 0 Å². The molecule has 0 fully saturated rings. The number of aromatic nitrogens is 1. The summed E-state index contributed by atoms with van der Waals surface area (Å²) in [5.41, 5.74) is 3.75. The number of rotatable bonds is 3. The van der Waals surface area contributed by atoms with Gasteiger partial charge in [-0.1, -0.05) is 32.0 Å². The fraction of sp³-hybridized carbons (Fsp3) is 0.250. The number of nitrogens with zero attached hydrogens (tertiary/aromatic N) is 1. The highest BCUT2D eigenvalue weighted by atomic mass is 19.1. The number of benzene rings is 2. The highest BCUT2D eigenvalue weighted by molar-refractivity contribution is 5.99. The van der Waals surface area contributed by atoms with Crippen LogP contribution in [-0.2, 0) is 18.4 Å². The van der Waals surface area contributed by atoms with Gasteiger partial charge in [-0.25, -0.2) is 13.8 Å². The zero-order valence-corrected chi connectivity index (χ0v) is 16.7. The van der Waals surface area contributed by atoms with Gasteiger partial charge in [-0.15, -0.1) is 0 Å². The molecule has 152 valence electrons. The van der Waals surface area contributed by atoms with Gasteiger partial charge < -0.3 is 10.1 Å². The van der Waals surface area contributed by atoms with Gasteiger partial charge in [-0.2, -0.15) is 0 Å². The van der Waals surface area contributed by atoms with Crippen LogP contribution in [0.25, 0.3) is 11.3 Å². The Morgan fingerprint density at radius 3 is 2.63 bits per heavy atom. The van der Waals surface area contributed by atoms with Gasteiger partial charge in [0, 0.05) is 11.0 Å². The Bertz CT molecular complexity index is 1180. The van der Waals surface area contributed by atoms with E-state index < -0.39 is 11.6 Å². The first-order valence-electron chi connectivity index (χ1n) is 9.85. The summed E-state index contributed by atoms with van der Waals surface area (Å²) in [6.45, 7) is 5.13. The number of ether oxygens (including phenoxy) is 1. The SMILES string of the molecule is CC1(C)COc2cc(Cc3cc(-c4c(F)cccc4F)nc4c3C(=O)NC4)ccc21. The first-order chi connectivity index (χ1) is 14.3. The molecule has 5 rings (SSSR count). The molecule has 2 aliphatic rings. The van der Waals surface area contributed by atoms with Crippen LogP contribution < -0.4 is 10.1 Å². The summed E-state index contributed by atoms with van der Waals surface area (Å²) in [6, 6.07) is 11.4. The monoisotopic (exact) mass is 406 g/mol. The first-order valence-corrected chi connectivity index (χ1v) is 9.85. The van der Waals surface area contributed by atoms with Crippen LogP contribution in [0, 0.1) is 11.6 Å². The molecule has 1 amide bonds. The predicted octanol–water partition coefficient (Wildman–Crippen LogP) is 4.53. The van der Waals surface area contributed by atoms with Crippen molar-refractivity contribution in [2.75, 3.05) is 6.61 Å². The molecule has 6 heteroatoms. The Kier molecular flexibility index (Phi) is 4.13. The fourth-order valence-corrected chi connectivity index (χ4v) is 4.23. The lowest BCUT2D eigenvalue weighted by atomic mass is 9.86. The number of carbonyl (C=O) groups excluding carboxylic acids is 1. The number of halogens is 2. The van der Waals surface area contributed by atoms with Crippen LogP contribution in [0.1, 0.15) is 46.6 Å². The van der Waals surface area contributed by atoms with Gasteiger partial charge in [0.15, 0.2) is 0 Å². The van der Waals surface area contributed by atoms with Crippen molar-refractivity contribution in [3.8, 4) is 17.0 Å². The predicted molar refractivity (Wildman–Crippen MR) is 109 cm³/mol. The second-order valence-electron chi connectivity index (χ2n) is 8.45. The molecule has 0 saturated carbocycles. The lowest BCUT2D eigenvalue weighted by Gasteiger charge is -2.15. The third kappa shape index (κ3) is 2.95. The summed E-state index contributed by atoms with van der Waals surface area (Å²) >= 11 is 0. The normalized spacial score (nSPS) is 16.1. The van der Waals surface area contributed by atoms with Gasteiger partial charge in [0.1, 0.15) is 17.4 Å². The van der Waals surface area contributed by atoms with Crippen molar-refractivity contribution in [2.45, 2.75) is 32.2 Å². The van der Waals surface area contributed by atoms with Crippen molar-refractivity contribution in [1.29, 1.82) is 0 Å². The fourth-order valence-electron chi connectivity index (χ4n) is 4.23. The zero-order valence-electron chi connectivity index (χ0n) is 16.7. The van der Waals surface area contributed by atoms with Crippen molar-refractivity contribution >= 4 is 5.91 Å². The van der Waals surface area contributed by atoms with Crippen LogP contribution in [0.15, 0.2) is 42.5 Å². The maximum Gasteiger partial charge on any atom is 0.253 e. The molecule has 1 aromatic heterocycles. The van der Waals surface area contributed by atoms with Crippen LogP contribution in [-0.4, -0.2) is 17.5 Å². The van der Waals surface area contributed by atoms with E-state index >= 15 is 0 Å². The lowest BCUT2D eigenvalue weighted by molar-refractivity contribution is 0.0965. The van der Waals surface area contributed by atoms with Crippen LogP contribution >= 0.6 is 0 Å². The average Bonchev–Trinajstić information content (AvgIpc) is 3.21. The summed E-state index contributed by atoms with van der Waals surface area (Å²) < 4.78 is 34.6. The molecule has 30 heavy (non-hydrogen) atoms. The summed E-state index contributed by atoms with van der Waals surface area (Å²) in [6.07, 6.45) is 0.429. The molecule has 0 bridgehead atoms. The molecule has 0 unspecified atom stereocenters. The molecule has 0 radical (unpaired) electrons. The molecule has 1 N–H and O–H groups in total. The highest BCUT2D eigenvalue weighted by Crippen LogP contribution is 2.39. The van der Waals surface area contributed by atoms with E-state index in [0.717, 1.165) is 16.9 Å². The molecule has 4 nitrogen and oxygen atoms in total. The molecule has 0 aliphatic carbocycles. The summed E-state index contributed by atoms with van der Waals surface area (Å²) in [4.78, 5) is 16.8. The van der Waals surface area contributed by atoms with Gasteiger partial charge in [0.05, 0.1) is 35.7 Å². The van der Waals surface area contributed by atoms with E-state index in [1.165, 1.54) is 18.2 Å². The second kappa shape index (κ2) is 6.62. The maximum atomic E-state index is 14.4. The summed E-state index contributed by atoms with van der Waals surface area (Å²) in [5, 5.41) is 2.76.